The lowest BCUT2D eigenvalue weighted by Gasteiger charge is -2.37. The topological polar surface area (TPSA) is 78.7 Å². The number of nitrogens with zero attached hydrogens (tertiary/aromatic N) is 3. The summed E-state index contributed by atoms with van der Waals surface area (Å²) in [4.78, 5) is 25.6. The van der Waals surface area contributed by atoms with Crippen LogP contribution in [0, 0.1) is 15.9 Å². The minimum atomic E-state index is -0.896. The maximum atomic E-state index is 13.8. The molecule has 0 bridgehead atoms. The highest BCUT2D eigenvalue weighted by molar-refractivity contribution is 5.86. The van der Waals surface area contributed by atoms with Crippen molar-refractivity contribution in [3.63, 3.8) is 0 Å². The van der Waals surface area contributed by atoms with E-state index in [1.165, 1.54) is 17.0 Å². The molecule has 1 N–H and O–H groups in total. The number of hydrogen-bond acceptors (Lipinski definition) is 5. The minimum Gasteiger partial charge on any atom is -0.352 e. The van der Waals surface area contributed by atoms with Gasteiger partial charge < -0.3 is 15.1 Å². The number of hydrogen-bond donors (Lipinski definition) is 1. The Morgan fingerprint density at radius 3 is 2.86 bits per heavy atom. The third-order valence-electron chi connectivity index (χ3n) is 3.43. The lowest BCUT2D eigenvalue weighted by Crippen LogP contribution is -2.58. The summed E-state index contributed by atoms with van der Waals surface area (Å²) in [5.74, 6) is -1.08. The summed E-state index contributed by atoms with van der Waals surface area (Å²) in [6.45, 7) is 1.34. The summed E-state index contributed by atoms with van der Waals surface area (Å²) in [6, 6.07) is 3.35. The molecule has 1 atom stereocenters. The van der Waals surface area contributed by atoms with Crippen LogP contribution >= 0.6 is 0 Å². The van der Waals surface area contributed by atoms with Gasteiger partial charge in [0.05, 0.1) is 4.92 Å². The van der Waals surface area contributed by atoms with Crippen molar-refractivity contribution in [1.82, 2.24) is 10.2 Å². The molecule has 0 spiro atoms. The second kappa shape index (κ2) is 6.04. The van der Waals surface area contributed by atoms with Crippen LogP contribution in [-0.2, 0) is 4.79 Å². The number of nitro groups is 1. The van der Waals surface area contributed by atoms with Gasteiger partial charge in [-0.2, -0.15) is 4.39 Å². The highest BCUT2D eigenvalue weighted by Gasteiger charge is 2.34. The van der Waals surface area contributed by atoms with E-state index in [9.17, 15) is 19.3 Å². The summed E-state index contributed by atoms with van der Waals surface area (Å²) < 4.78 is 13.8. The van der Waals surface area contributed by atoms with Crippen molar-refractivity contribution in [2.75, 3.05) is 38.6 Å². The Morgan fingerprint density at radius 1 is 1.52 bits per heavy atom. The fourth-order valence-electron chi connectivity index (χ4n) is 2.43. The number of para-hydroxylation sites is 1. The number of rotatable bonds is 3. The van der Waals surface area contributed by atoms with Crippen LogP contribution in [0.15, 0.2) is 18.2 Å². The van der Waals surface area contributed by atoms with Gasteiger partial charge in [0.25, 0.3) is 0 Å². The molecule has 1 amide bonds. The molecule has 21 heavy (non-hydrogen) atoms. The second-order valence-electron chi connectivity index (χ2n) is 5.01. The SMILES string of the molecule is CN(C)C(=O)C1CNCCN1c1cccc(F)c1[N+](=O)[O-]. The van der Waals surface area contributed by atoms with E-state index in [1.807, 2.05) is 0 Å². The van der Waals surface area contributed by atoms with E-state index in [0.717, 1.165) is 6.07 Å². The van der Waals surface area contributed by atoms with E-state index < -0.39 is 22.5 Å². The van der Waals surface area contributed by atoms with Crippen LogP contribution in [0.4, 0.5) is 15.8 Å². The van der Waals surface area contributed by atoms with Crippen molar-refractivity contribution in [3.8, 4) is 0 Å². The zero-order valence-electron chi connectivity index (χ0n) is 11.9. The van der Waals surface area contributed by atoms with E-state index in [1.54, 1.807) is 19.0 Å². The first-order chi connectivity index (χ1) is 9.93. The standard InChI is InChI=1S/C13H17FN4O3/c1-16(2)13(19)11-8-15-6-7-17(11)10-5-3-4-9(14)12(10)18(20)21/h3-5,11,15H,6-8H2,1-2H3. The second-order valence-corrected chi connectivity index (χ2v) is 5.01. The van der Waals surface area contributed by atoms with E-state index in [0.29, 0.717) is 19.6 Å². The molecule has 1 unspecified atom stereocenters. The van der Waals surface area contributed by atoms with Gasteiger partial charge in [0, 0.05) is 33.7 Å². The third kappa shape index (κ3) is 2.94. The molecular formula is C13H17FN4O3. The lowest BCUT2D eigenvalue weighted by atomic mass is 10.1. The average Bonchev–Trinajstić information content (AvgIpc) is 2.45. The first kappa shape index (κ1) is 15.2. The van der Waals surface area contributed by atoms with Crippen molar-refractivity contribution in [2.24, 2.45) is 0 Å². The Labute approximate surface area is 121 Å². The molecule has 1 aromatic rings. The summed E-state index contributed by atoms with van der Waals surface area (Å²) in [5.41, 5.74) is -0.447. The number of likely N-dealkylation sites (N-methyl/N-ethyl adjacent to an activating group) is 1. The summed E-state index contributed by atoms with van der Waals surface area (Å²) >= 11 is 0. The van der Waals surface area contributed by atoms with Crippen molar-refractivity contribution in [2.45, 2.75) is 6.04 Å². The molecule has 1 fully saturated rings. The molecular weight excluding hydrogens is 279 g/mol. The Morgan fingerprint density at radius 2 is 2.24 bits per heavy atom. The number of nitrogens with one attached hydrogen (secondary N) is 1. The summed E-state index contributed by atoms with van der Waals surface area (Å²) in [7, 11) is 3.24. The third-order valence-corrected chi connectivity index (χ3v) is 3.43. The first-order valence-corrected chi connectivity index (χ1v) is 6.55. The van der Waals surface area contributed by atoms with Crippen LogP contribution in [0.2, 0.25) is 0 Å². The van der Waals surface area contributed by atoms with E-state index in [4.69, 9.17) is 0 Å². The molecule has 0 saturated carbocycles. The minimum absolute atomic E-state index is 0.140. The summed E-state index contributed by atoms with van der Waals surface area (Å²) in [6.07, 6.45) is 0. The van der Waals surface area contributed by atoms with Crippen LogP contribution in [-0.4, -0.2) is 55.5 Å². The van der Waals surface area contributed by atoms with Gasteiger partial charge in [-0.15, -0.1) is 0 Å². The van der Waals surface area contributed by atoms with Gasteiger partial charge in [0.1, 0.15) is 11.7 Å². The van der Waals surface area contributed by atoms with Gasteiger partial charge in [0.2, 0.25) is 11.7 Å². The van der Waals surface area contributed by atoms with Crippen LogP contribution in [0.25, 0.3) is 0 Å². The molecule has 1 saturated heterocycles. The molecule has 0 aromatic heterocycles. The number of halogens is 1. The zero-order chi connectivity index (χ0) is 15.6. The van der Waals surface area contributed by atoms with Crippen LogP contribution in [0.5, 0.6) is 0 Å². The van der Waals surface area contributed by atoms with Crippen molar-refractivity contribution >= 4 is 17.3 Å². The number of amides is 1. The van der Waals surface area contributed by atoms with Crippen molar-refractivity contribution < 1.29 is 14.1 Å². The van der Waals surface area contributed by atoms with E-state index in [-0.39, 0.29) is 11.6 Å². The van der Waals surface area contributed by atoms with Gasteiger partial charge in [0.15, 0.2) is 0 Å². The van der Waals surface area contributed by atoms with Crippen LogP contribution < -0.4 is 10.2 Å². The van der Waals surface area contributed by atoms with E-state index >= 15 is 0 Å². The first-order valence-electron chi connectivity index (χ1n) is 6.55. The van der Waals surface area contributed by atoms with Gasteiger partial charge in [-0.1, -0.05) is 6.07 Å². The van der Waals surface area contributed by atoms with Crippen LogP contribution in [0.3, 0.4) is 0 Å². The normalized spacial score (nSPS) is 18.4. The fraction of sp³-hybridized carbons (Fsp3) is 0.462. The fourth-order valence-corrected chi connectivity index (χ4v) is 2.43. The number of piperazine rings is 1. The number of anilines is 1. The van der Waals surface area contributed by atoms with Gasteiger partial charge in [-0.3, -0.25) is 14.9 Å². The maximum Gasteiger partial charge on any atom is 0.327 e. The Hall–Kier alpha value is -2.22. The predicted octanol–water partition coefficient (Wildman–Crippen LogP) is 0.600. The smallest absolute Gasteiger partial charge is 0.327 e. The molecule has 0 radical (unpaired) electrons. The van der Waals surface area contributed by atoms with Crippen molar-refractivity contribution in [3.05, 3.63) is 34.1 Å². The van der Waals surface area contributed by atoms with Crippen LogP contribution in [0.1, 0.15) is 0 Å². The van der Waals surface area contributed by atoms with Gasteiger partial charge in [-0.05, 0) is 12.1 Å². The van der Waals surface area contributed by atoms with E-state index in [2.05, 4.69) is 5.32 Å². The van der Waals surface area contributed by atoms with Gasteiger partial charge in [-0.25, -0.2) is 0 Å². The molecule has 2 rings (SSSR count). The number of carbonyl (C=O) groups is 1. The molecule has 1 aliphatic heterocycles. The monoisotopic (exact) mass is 296 g/mol. The highest BCUT2D eigenvalue weighted by Crippen LogP contribution is 2.32. The molecule has 114 valence electrons. The highest BCUT2D eigenvalue weighted by atomic mass is 19.1. The molecule has 0 aliphatic carbocycles. The molecule has 8 heteroatoms. The zero-order valence-corrected chi connectivity index (χ0v) is 11.9. The predicted molar refractivity (Wildman–Crippen MR) is 75.8 cm³/mol. The molecule has 1 heterocycles. The average molecular weight is 296 g/mol. The Balaban J connectivity index is 2.45. The quantitative estimate of drug-likeness (QED) is 0.653. The lowest BCUT2D eigenvalue weighted by molar-refractivity contribution is -0.386. The maximum absolute atomic E-state index is 13.8. The number of benzene rings is 1. The molecule has 1 aliphatic rings. The Bertz CT molecular complexity index is 564. The Kier molecular flexibility index (Phi) is 4.37. The molecule has 1 aromatic carbocycles. The van der Waals surface area contributed by atoms with Crippen molar-refractivity contribution in [1.29, 1.82) is 0 Å². The summed E-state index contributed by atoms with van der Waals surface area (Å²) in [5, 5.41) is 14.2. The number of carbonyl (C=O) groups excluding carboxylic acids is 1. The molecule has 7 nitrogen and oxygen atoms in total. The van der Waals surface area contributed by atoms with Gasteiger partial charge >= 0.3 is 5.69 Å². The largest absolute Gasteiger partial charge is 0.352 e. The number of nitro benzene ring substituents is 1.